The van der Waals surface area contributed by atoms with E-state index in [0.717, 1.165) is 16.2 Å². The fraction of sp³-hybridized carbons (Fsp3) is 0.200. The molecule has 8 nitrogen and oxygen atoms in total. The number of aliphatic hydroxyl groups excluding tert-OH is 1. The van der Waals surface area contributed by atoms with Crippen molar-refractivity contribution < 1.29 is 24.3 Å². The minimum Gasteiger partial charge on any atom is -0.395 e. The van der Waals surface area contributed by atoms with Crippen molar-refractivity contribution in [2.45, 2.75) is 13.8 Å². The van der Waals surface area contributed by atoms with Crippen LogP contribution in [0.15, 0.2) is 42.5 Å². The summed E-state index contributed by atoms with van der Waals surface area (Å²) in [7, 11) is 0. The van der Waals surface area contributed by atoms with Gasteiger partial charge in [0, 0.05) is 51.8 Å². The molecule has 2 N–H and O–H groups in total. The Bertz CT molecular complexity index is 1330. The van der Waals surface area contributed by atoms with Crippen molar-refractivity contribution in [3.05, 3.63) is 70.3 Å². The van der Waals surface area contributed by atoms with Crippen molar-refractivity contribution in [3.8, 4) is 0 Å². The molecule has 0 bridgehead atoms. The molecule has 5 rings (SSSR count). The van der Waals surface area contributed by atoms with Gasteiger partial charge in [0.2, 0.25) is 0 Å². The van der Waals surface area contributed by atoms with Crippen LogP contribution in [0.4, 0.5) is 11.4 Å². The molecular formula is C25H21N3O5. The van der Waals surface area contributed by atoms with E-state index < -0.39 is 23.6 Å². The van der Waals surface area contributed by atoms with E-state index in [1.54, 1.807) is 6.07 Å². The van der Waals surface area contributed by atoms with Gasteiger partial charge in [-0.3, -0.25) is 24.5 Å². The van der Waals surface area contributed by atoms with E-state index in [4.69, 9.17) is 0 Å². The maximum Gasteiger partial charge on any atom is 0.265 e. The first kappa shape index (κ1) is 20.8. The zero-order chi connectivity index (χ0) is 23.4. The number of amides is 4. The van der Waals surface area contributed by atoms with Gasteiger partial charge in [-0.1, -0.05) is 0 Å². The lowest BCUT2D eigenvalue weighted by atomic mass is 9.86. The lowest BCUT2D eigenvalue weighted by Crippen LogP contribution is -2.42. The number of aliphatic hydroxyl groups is 1. The normalized spacial score (nSPS) is 14.7. The van der Waals surface area contributed by atoms with E-state index in [0.29, 0.717) is 29.5 Å². The number of hydrogen-bond donors (Lipinski definition) is 2. The minimum atomic E-state index is -0.548. The van der Waals surface area contributed by atoms with Gasteiger partial charge in [-0.2, -0.15) is 0 Å². The van der Waals surface area contributed by atoms with Gasteiger partial charge in [0.05, 0.1) is 12.3 Å². The van der Waals surface area contributed by atoms with Crippen LogP contribution in [0.5, 0.6) is 0 Å². The first-order valence-corrected chi connectivity index (χ1v) is 10.7. The molecule has 166 valence electrons. The number of hydrogen-bond acceptors (Lipinski definition) is 6. The maximum atomic E-state index is 13.5. The van der Waals surface area contributed by atoms with Gasteiger partial charge >= 0.3 is 0 Å². The van der Waals surface area contributed by atoms with E-state index in [1.165, 1.54) is 24.3 Å². The summed E-state index contributed by atoms with van der Waals surface area (Å²) in [6.45, 7) is 5.00. The van der Waals surface area contributed by atoms with Crippen LogP contribution in [0.3, 0.4) is 0 Å². The number of nitrogens with one attached hydrogen (secondary N) is 1. The van der Waals surface area contributed by atoms with Gasteiger partial charge in [0.15, 0.2) is 0 Å². The Morgan fingerprint density at radius 3 is 1.91 bits per heavy atom. The number of rotatable bonds is 5. The Hall–Kier alpha value is -4.04. The molecule has 0 saturated carbocycles. The highest BCUT2D eigenvalue weighted by Crippen LogP contribution is 2.38. The third-order valence-corrected chi connectivity index (χ3v) is 6.28. The van der Waals surface area contributed by atoms with Crippen LogP contribution >= 0.6 is 0 Å². The Morgan fingerprint density at radius 2 is 1.39 bits per heavy atom. The molecule has 3 aromatic carbocycles. The second kappa shape index (κ2) is 7.53. The molecule has 4 amide bonds. The molecule has 0 spiro atoms. The molecule has 0 saturated heterocycles. The van der Waals surface area contributed by atoms with Crippen LogP contribution in [-0.4, -0.2) is 48.4 Å². The molecule has 0 atom stereocenters. The van der Waals surface area contributed by atoms with Crippen molar-refractivity contribution in [1.82, 2.24) is 5.32 Å². The summed E-state index contributed by atoms with van der Waals surface area (Å²) in [6, 6.07) is 11.5. The third kappa shape index (κ3) is 2.95. The topological polar surface area (TPSA) is 107 Å². The summed E-state index contributed by atoms with van der Waals surface area (Å²) in [4.78, 5) is 54.8. The van der Waals surface area contributed by atoms with E-state index in [2.05, 4.69) is 5.32 Å². The molecule has 0 fully saturated rings. The molecule has 0 radical (unpaired) electrons. The summed E-state index contributed by atoms with van der Waals surface area (Å²) < 4.78 is 0. The van der Waals surface area contributed by atoms with Gasteiger partial charge in [0.1, 0.15) is 0 Å². The van der Waals surface area contributed by atoms with E-state index >= 15 is 0 Å². The number of nitrogens with zero attached hydrogens (tertiary/aromatic N) is 2. The highest BCUT2D eigenvalue weighted by molar-refractivity contribution is 6.39. The molecule has 2 aliphatic heterocycles. The molecule has 33 heavy (non-hydrogen) atoms. The second-order valence-corrected chi connectivity index (χ2v) is 8.07. The zero-order valence-corrected chi connectivity index (χ0v) is 18.1. The molecular weight excluding hydrogens is 422 g/mol. The van der Waals surface area contributed by atoms with Crippen molar-refractivity contribution >= 4 is 45.8 Å². The summed E-state index contributed by atoms with van der Waals surface area (Å²) in [6.07, 6.45) is 0. The Morgan fingerprint density at radius 1 is 0.848 bits per heavy atom. The lowest BCUT2D eigenvalue weighted by Gasteiger charge is -2.31. The number of benzene rings is 3. The van der Waals surface area contributed by atoms with E-state index in [1.807, 2.05) is 30.9 Å². The average Bonchev–Trinajstić information content (AvgIpc) is 2.80. The molecule has 0 unspecified atom stereocenters. The molecule has 3 aromatic rings. The van der Waals surface area contributed by atoms with Crippen molar-refractivity contribution in [3.63, 3.8) is 0 Å². The number of anilines is 2. The number of carbonyl (C=O) groups is 4. The van der Waals surface area contributed by atoms with Crippen LogP contribution in [0.25, 0.3) is 10.8 Å². The van der Waals surface area contributed by atoms with Crippen LogP contribution in [-0.2, 0) is 0 Å². The Labute approximate surface area is 189 Å². The first-order valence-electron chi connectivity index (χ1n) is 10.7. The van der Waals surface area contributed by atoms with Gasteiger partial charge in [-0.25, -0.2) is 4.90 Å². The van der Waals surface area contributed by atoms with Crippen molar-refractivity contribution in [2.75, 3.05) is 29.5 Å². The smallest absolute Gasteiger partial charge is 0.265 e. The van der Waals surface area contributed by atoms with Crippen molar-refractivity contribution in [2.24, 2.45) is 0 Å². The number of carbonyl (C=O) groups excluding carboxylic acids is 4. The Kier molecular flexibility index (Phi) is 4.75. The van der Waals surface area contributed by atoms with Gasteiger partial charge in [-0.15, -0.1) is 0 Å². The quantitative estimate of drug-likeness (QED) is 0.587. The Balaban J connectivity index is 1.65. The van der Waals surface area contributed by atoms with Gasteiger partial charge < -0.3 is 10.0 Å². The van der Waals surface area contributed by atoms with E-state index in [-0.39, 0.29) is 28.9 Å². The zero-order valence-electron chi connectivity index (χ0n) is 18.1. The van der Waals surface area contributed by atoms with Crippen LogP contribution < -0.4 is 15.1 Å². The molecule has 8 heteroatoms. The minimum absolute atomic E-state index is 0.0169. The monoisotopic (exact) mass is 443 g/mol. The highest BCUT2D eigenvalue weighted by Gasteiger charge is 2.38. The predicted octanol–water partition coefficient (Wildman–Crippen LogP) is 2.65. The number of aryl methyl sites for hydroxylation is 1. The standard InChI is InChI=1S/C25H21N3O5/c1-3-27(10-11-29)14-4-9-19(13(2)12-14)28-24(32)17-7-5-15-20-16(23(31)26-22(15)30)6-8-18(21(17)20)25(28)33/h4-9,12,29H,3,10-11H2,1-2H3,(H,26,30,31). The predicted molar refractivity (Wildman–Crippen MR) is 123 cm³/mol. The third-order valence-electron chi connectivity index (χ3n) is 6.28. The molecule has 2 heterocycles. The van der Waals surface area contributed by atoms with Crippen LogP contribution in [0.2, 0.25) is 0 Å². The average molecular weight is 443 g/mol. The maximum absolute atomic E-state index is 13.5. The lowest BCUT2D eigenvalue weighted by molar-refractivity contribution is 0.0837. The van der Waals surface area contributed by atoms with Crippen LogP contribution in [0, 0.1) is 6.92 Å². The van der Waals surface area contributed by atoms with Crippen molar-refractivity contribution in [1.29, 1.82) is 0 Å². The first-order chi connectivity index (χ1) is 15.9. The second-order valence-electron chi connectivity index (χ2n) is 8.07. The molecule has 0 aromatic heterocycles. The largest absolute Gasteiger partial charge is 0.395 e. The van der Waals surface area contributed by atoms with E-state index in [9.17, 15) is 24.3 Å². The van der Waals surface area contributed by atoms with Crippen LogP contribution in [0.1, 0.15) is 53.9 Å². The fourth-order valence-corrected chi connectivity index (χ4v) is 4.70. The number of imide groups is 2. The van der Waals surface area contributed by atoms with Gasteiger partial charge in [-0.05, 0) is 61.9 Å². The van der Waals surface area contributed by atoms with Gasteiger partial charge in [0.25, 0.3) is 23.6 Å². The SMILES string of the molecule is CCN(CCO)c1ccc(N2C(=O)c3ccc4c5c(ccc(c35)C2=O)C(=O)NC4=O)c(C)c1. The summed E-state index contributed by atoms with van der Waals surface area (Å²) in [5.41, 5.74) is 3.15. The summed E-state index contributed by atoms with van der Waals surface area (Å²) in [5, 5.41) is 12.3. The molecule has 0 aliphatic carbocycles. The summed E-state index contributed by atoms with van der Waals surface area (Å²) >= 11 is 0. The highest BCUT2D eigenvalue weighted by atomic mass is 16.3. The fourth-order valence-electron chi connectivity index (χ4n) is 4.70. The molecule has 2 aliphatic rings. The summed E-state index contributed by atoms with van der Waals surface area (Å²) in [5.74, 6) is -2.11. The number of likely N-dealkylation sites (N-methyl/N-ethyl adjacent to an activating group) is 1.